The van der Waals surface area contributed by atoms with Gasteiger partial charge < -0.3 is 20.9 Å². The summed E-state index contributed by atoms with van der Waals surface area (Å²) in [6.45, 7) is 0.315. The first-order valence-corrected chi connectivity index (χ1v) is 7.04. The zero-order valence-electron chi connectivity index (χ0n) is 12.3. The lowest BCUT2D eigenvalue weighted by Crippen LogP contribution is -2.36. The molecule has 0 atom stereocenters. The van der Waals surface area contributed by atoms with Crippen molar-refractivity contribution < 1.29 is 9.47 Å². The third-order valence-corrected chi connectivity index (χ3v) is 3.22. The fourth-order valence-corrected chi connectivity index (χ4v) is 2.17. The van der Waals surface area contributed by atoms with Gasteiger partial charge in [-0.2, -0.15) is 0 Å². The van der Waals surface area contributed by atoms with E-state index < -0.39 is 6.17 Å². The van der Waals surface area contributed by atoms with E-state index in [0.717, 1.165) is 24.3 Å². The minimum absolute atomic E-state index is 0.315. The summed E-state index contributed by atoms with van der Waals surface area (Å²) >= 11 is 0. The van der Waals surface area contributed by atoms with Crippen LogP contribution in [0.25, 0.3) is 0 Å². The largest absolute Gasteiger partial charge is 0.496 e. The maximum atomic E-state index is 5.53. The van der Waals surface area contributed by atoms with Gasteiger partial charge in [-0.05, 0) is 42.2 Å². The van der Waals surface area contributed by atoms with Crippen LogP contribution in [0.4, 0.5) is 0 Å². The smallest absolute Gasteiger partial charge is 0.122 e. The summed E-state index contributed by atoms with van der Waals surface area (Å²) in [7, 11) is 1.70. The van der Waals surface area contributed by atoms with Gasteiger partial charge in [-0.1, -0.05) is 30.3 Å². The fraction of sp³-hybridized carbons (Fsp3) is 0.294. The van der Waals surface area contributed by atoms with Crippen LogP contribution in [-0.2, 0) is 12.8 Å². The van der Waals surface area contributed by atoms with Crippen LogP contribution in [-0.4, -0.2) is 19.9 Å². The van der Waals surface area contributed by atoms with Crippen molar-refractivity contribution in [3.8, 4) is 11.5 Å². The first-order chi connectivity index (χ1) is 10.2. The van der Waals surface area contributed by atoms with Crippen molar-refractivity contribution >= 4 is 0 Å². The lowest BCUT2D eigenvalue weighted by Gasteiger charge is -2.11. The van der Waals surface area contributed by atoms with Gasteiger partial charge in [0.2, 0.25) is 0 Å². The number of hydrogen-bond donors (Lipinski definition) is 2. The predicted molar refractivity (Wildman–Crippen MR) is 84.5 cm³/mol. The van der Waals surface area contributed by atoms with E-state index in [9.17, 15) is 0 Å². The van der Waals surface area contributed by atoms with Crippen LogP contribution in [0.1, 0.15) is 11.1 Å². The number of methoxy groups -OCH3 is 1. The average Bonchev–Trinajstić information content (AvgIpc) is 2.51. The maximum absolute atomic E-state index is 5.53. The normalized spacial score (nSPS) is 10.7. The fourth-order valence-electron chi connectivity index (χ4n) is 2.17. The molecule has 0 heterocycles. The summed E-state index contributed by atoms with van der Waals surface area (Å²) in [5, 5.41) is 0. The van der Waals surface area contributed by atoms with Gasteiger partial charge in [0.15, 0.2) is 0 Å². The Balaban J connectivity index is 1.98. The second kappa shape index (κ2) is 7.67. The molecule has 21 heavy (non-hydrogen) atoms. The molecular formula is C17H22N2O2. The quantitative estimate of drug-likeness (QED) is 0.765. The molecule has 0 aliphatic carbocycles. The Morgan fingerprint density at radius 3 is 2.57 bits per heavy atom. The second-order valence-corrected chi connectivity index (χ2v) is 4.93. The van der Waals surface area contributed by atoms with Gasteiger partial charge in [0.25, 0.3) is 0 Å². The van der Waals surface area contributed by atoms with E-state index in [0.29, 0.717) is 6.61 Å². The van der Waals surface area contributed by atoms with Crippen LogP contribution in [0.2, 0.25) is 0 Å². The van der Waals surface area contributed by atoms with Gasteiger partial charge in [-0.15, -0.1) is 0 Å². The summed E-state index contributed by atoms with van der Waals surface area (Å²) in [6.07, 6.45) is 1.39. The highest BCUT2D eigenvalue weighted by molar-refractivity contribution is 5.35. The van der Waals surface area contributed by atoms with Crippen molar-refractivity contribution in [1.29, 1.82) is 0 Å². The van der Waals surface area contributed by atoms with E-state index >= 15 is 0 Å². The Morgan fingerprint density at radius 1 is 1.00 bits per heavy atom. The summed E-state index contributed by atoms with van der Waals surface area (Å²) < 4.78 is 10.9. The van der Waals surface area contributed by atoms with E-state index in [-0.39, 0.29) is 0 Å². The number of ether oxygens (including phenoxy) is 2. The molecule has 0 spiro atoms. The lowest BCUT2D eigenvalue weighted by molar-refractivity contribution is 0.291. The van der Waals surface area contributed by atoms with E-state index in [4.69, 9.17) is 20.9 Å². The Morgan fingerprint density at radius 2 is 1.81 bits per heavy atom. The molecule has 0 saturated heterocycles. The molecule has 0 aromatic heterocycles. The molecule has 2 aromatic carbocycles. The summed E-state index contributed by atoms with van der Waals surface area (Å²) in [4.78, 5) is 0. The molecule has 0 bridgehead atoms. The average molecular weight is 286 g/mol. The predicted octanol–water partition coefficient (Wildman–Crippen LogP) is 2.10. The minimum atomic E-state index is -0.456. The molecule has 0 saturated carbocycles. The molecule has 0 radical (unpaired) electrons. The molecule has 0 aliphatic heterocycles. The van der Waals surface area contributed by atoms with Crippen molar-refractivity contribution in [2.75, 3.05) is 13.7 Å². The SMILES string of the molecule is COc1ccccc1CCc1cccc(OCC(N)N)c1. The number of rotatable bonds is 7. The van der Waals surface area contributed by atoms with Gasteiger partial charge >= 0.3 is 0 Å². The second-order valence-electron chi connectivity index (χ2n) is 4.93. The number of nitrogens with two attached hydrogens (primary N) is 2. The zero-order chi connectivity index (χ0) is 15.1. The van der Waals surface area contributed by atoms with E-state index in [1.165, 1.54) is 11.1 Å². The Bertz CT molecular complexity index is 570. The van der Waals surface area contributed by atoms with Gasteiger partial charge in [0, 0.05) is 0 Å². The monoisotopic (exact) mass is 286 g/mol. The summed E-state index contributed by atoms with van der Waals surface area (Å²) in [5.41, 5.74) is 13.4. The highest BCUT2D eigenvalue weighted by Crippen LogP contribution is 2.20. The maximum Gasteiger partial charge on any atom is 0.122 e. The van der Waals surface area contributed by atoms with Crippen LogP contribution in [0, 0.1) is 0 Å². The standard InChI is InChI=1S/C17H22N2O2/c1-20-16-8-3-2-6-14(16)10-9-13-5-4-7-15(11-13)21-12-17(18)19/h2-8,11,17H,9-10,12,18-19H2,1H3. The lowest BCUT2D eigenvalue weighted by atomic mass is 10.0. The molecule has 0 aliphatic rings. The van der Waals surface area contributed by atoms with E-state index in [1.54, 1.807) is 7.11 Å². The molecule has 4 nitrogen and oxygen atoms in total. The van der Waals surface area contributed by atoms with Crippen LogP contribution in [0.3, 0.4) is 0 Å². The summed E-state index contributed by atoms with van der Waals surface area (Å²) in [5.74, 6) is 1.73. The van der Waals surface area contributed by atoms with Crippen LogP contribution in [0.5, 0.6) is 11.5 Å². The third-order valence-electron chi connectivity index (χ3n) is 3.22. The van der Waals surface area contributed by atoms with Crippen molar-refractivity contribution in [2.24, 2.45) is 11.5 Å². The first kappa shape index (κ1) is 15.4. The van der Waals surface area contributed by atoms with Gasteiger partial charge in [0.05, 0.1) is 13.3 Å². The van der Waals surface area contributed by atoms with E-state index in [1.807, 2.05) is 36.4 Å². The van der Waals surface area contributed by atoms with Gasteiger partial charge in [0.1, 0.15) is 18.1 Å². The van der Waals surface area contributed by atoms with Crippen LogP contribution < -0.4 is 20.9 Å². The first-order valence-electron chi connectivity index (χ1n) is 7.04. The third kappa shape index (κ3) is 4.77. The molecule has 2 rings (SSSR count). The molecule has 0 amide bonds. The molecule has 4 heteroatoms. The molecule has 0 fully saturated rings. The Labute approximate surface area is 125 Å². The van der Waals surface area contributed by atoms with Crippen molar-refractivity contribution in [3.05, 3.63) is 59.7 Å². The summed E-state index contributed by atoms with van der Waals surface area (Å²) in [6, 6.07) is 16.1. The molecule has 2 aromatic rings. The number of hydrogen-bond acceptors (Lipinski definition) is 4. The number of para-hydroxylation sites is 1. The Kier molecular flexibility index (Phi) is 5.60. The van der Waals surface area contributed by atoms with Crippen molar-refractivity contribution in [2.45, 2.75) is 19.0 Å². The van der Waals surface area contributed by atoms with Crippen molar-refractivity contribution in [3.63, 3.8) is 0 Å². The highest BCUT2D eigenvalue weighted by Gasteiger charge is 2.04. The van der Waals surface area contributed by atoms with E-state index in [2.05, 4.69) is 12.1 Å². The number of aryl methyl sites for hydroxylation is 2. The highest BCUT2D eigenvalue weighted by atomic mass is 16.5. The topological polar surface area (TPSA) is 70.5 Å². The molecule has 4 N–H and O–H groups in total. The molecule has 0 unspecified atom stereocenters. The van der Waals surface area contributed by atoms with Gasteiger partial charge in [-0.3, -0.25) is 0 Å². The Hall–Kier alpha value is -2.04. The van der Waals surface area contributed by atoms with Crippen molar-refractivity contribution in [1.82, 2.24) is 0 Å². The molecular weight excluding hydrogens is 264 g/mol. The number of benzene rings is 2. The minimum Gasteiger partial charge on any atom is -0.496 e. The van der Waals surface area contributed by atoms with Gasteiger partial charge in [-0.25, -0.2) is 0 Å². The van der Waals surface area contributed by atoms with Crippen LogP contribution >= 0.6 is 0 Å². The van der Waals surface area contributed by atoms with Crippen LogP contribution in [0.15, 0.2) is 48.5 Å². The zero-order valence-corrected chi connectivity index (χ0v) is 12.3. The molecule has 112 valence electrons.